The van der Waals surface area contributed by atoms with E-state index in [-0.39, 0.29) is 30.2 Å². The molecule has 2 amide bonds. The number of halogens is 2. The molecule has 0 aromatic heterocycles. The summed E-state index contributed by atoms with van der Waals surface area (Å²) in [6.07, 6.45) is 2.57. The lowest BCUT2D eigenvalue weighted by Gasteiger charge is -2.35. The highest BCUT2D eigenvalue weighted by atomic mass is 19.1. The van der Waals surface area contributed by atoms with E-state index in [9.17, 15) is 18.4 Å². The normalized spacial score (nSPS) is 23.5. The number of rotatable bonds is 4. The zero-order valence-electron chi connectivity index (χ0n) is 13.8. The molecule has 2 bridgehead atoms. The van der Waals surface area contributed by atoms with Crippen LogP contribution in [0.15, 0.2) is 18.2 Å². The Kier molecular flexibility index (Phi) is 4.83. The van der Waals surface area contributed by atoms with Crippen LogP contribution in [-0.2, 0) is 16.0 Å². The molecule has 0 N–H and O–H groups in total. The fourth-order valence-electron chi connectivity index (χ4n) is 3.78. The van der Waals surface area contributed by atoms with Crippen LogP contribution in [0, 0.1) is 17.6 Å². The number of piperidine rings is 1. The molecule has 0 aliphatic carbocycles. The standard InChI is InChI=1S/C18H22F2N2O2/c1-2-5-22-16-4-3-13(18(22)24)10-21(11-16)17(23)8-12-6-14(19)9-15(20)7-12/h6-7,9,13,16H,2-5,8,10-11H2,1H3/t13-,16+/m0/s1. The van der Waals surface area contributed by atoms with Crippen LogP contribution in [0.3, 0.4) is 0 Å². The summed E-state index contributed by atoms with van der Waals surface area (Å²) < 4.78 is 26.6. The maximum absolute atomic E-state index is 13.3. The fourth-order valence-corrected chi connectivity index (χ4v) is 3.78. The zero-order chi connectivity index (χ0) is 17.3. The van der Waals surface area contributed by atoms with Gasteiger partial charge in [0.1, 0.15) is 11.6 Å². The lowest BCUT2D eigenvalue weighted by atomic mass is 9.94. The van der Waals surface area contributed by atoms with Gasteiger partial charge in [-0.15, -0.1) is 0 Å². The molecule has 4 rings (SSSR count). The van der Waals surface area contributed by atoms with E-state index in [0.717, 1.165) is 31.9 Å². The molecular weight excluding hydrogens is 314 g/mol. The molecule has 0 spiro atoms. The van der Waals surface area contributed by atoms with Crippen LogP contribution in [0.25, 0.3) is 0 Å². The summed E-state index contributed by atoms with van der Waals surface area (Å²) in [5, 5.41) is 0. The first-order valence-corrected chi connectivity index (χ1v) is 8.51. The van der Waals surface area contributed by atoms with Crippen LogP contribution >= 0.6 is 0 Å². The lowest BCUT2D eigenvalue weighted by molar-refractivity contribution is -0.139. The number of fused-ring (bicyclic) bond motifs is 4. The average Bonchev–Trinajstić information content (AvgIpc) is 2.79. The third-order valence-corrected chi connectivity index (χ3v) is 4.89. The Hall–Kier alpha value is -1.98. The van der Waals surface area contributed by atoms with Crippen molar-refractivity contribution < 1.29 is 18.4 Å². The fraction of sp³-hybridized carbons (Fsp3) is 0.556. The lowest BCUT2D eigenvalue weighted by Crippen LogP contribution is -2.48. The Labute approximate surface area is 140 Å². The number of hydrogen-bond donors (Lipinski definition) is 0. The van der Waals surface area contributed by atoms with E-state index < -0.39 is 11.6 Å². The van der Waals surface area contributed by atoms with Crippen molar-refractivity contribution in [1.29, 1.82) is 0 Å². The second kappa shape index (κ2) is 6.87. The molecule has 3 heterocycles. The number of amides is 2. The van der Waals surface area contributed by atoms with Gasteiger partial charge in [0.15, 0.2) is 0 Å². The molecule has 1 aromatic rings. The van der Waals surface area contributed by atoms with Gasteiger partial charge in [-0.05, 0) is 37.0 Å². The van der Waals surface area contributed by atoms with Gasteiger partial charge in [0, 0.05) is 31.7 Å². The SMILES string of the molecule is CCCN1C(=O)[C@H]2CC[C@@H]1CN(C(=O)Cc1cc(F)cc(F)c1)C2. The van der Waals surface area contributed by atoms with E-state index in [0.29, 0.717) is 18.7 Å². The zero-order valence-corrected chi connectivity index (χ0v) is 13.8. The Balaban J connectivity index is 1.73. The molecule has 0 radical (unpaired) electrons. The monoisotopic (exact) mass is 336 g/mol. The Morgan fingerprint density at radius 2 is 1.88 bits per heavy atom. The van der Waals surface area contributed by atoms with Crippen LogP contribution < -0.4 is 0 Å². The van der Waals surface area contributed by atoms with E-state index in [1.54, 1.807) is 4.90 Å². The molecule has 130 valence electrons. The summed E-state index contributed by atoms with van der Waals surface area (Å²) in [7, 11) is 0. The maximum Gasteiger partial charge on any atom is 0.227 e. The number of carbonyl (C=O) groups is 2. The number of benzene rings is 1. The minimum atomic E-state index is -0.682. The first-order valence-electron chi connectivity index (χ1n) is 8.51. The van der Waals surface area contributed by atoms with Crippen LogP contribution in [-0.4, -0.2) is 47.3 Å². The number of carbonyl (C=O) groups excluding carboxylic acids is 2. The van der Waals surface area contributed by atoms with Gasteiger partial charge in [-0.3, -0.25) is 9.59 Å². The van der Waals surface area contributed by atoms with Crippen LogP contribution in [0.5, 0.6) is 0 Å². The van der Waals surface area contributed by atoms with Gasteiger partial charge in [0.25, 0.3) is 0 Å². The molecule has 0 saturated carbocycles. The van der Waals surface area contributed by atoms with Gasteiger partial charge >= 0.3 is 0 Å². The summed E-state index contributed by atoms with van der Waals surface area (Å²) in [6.45, 7) is 3.68. The van der Waals surface area contributed by atoms with Gasteiger partial charge in [0.05, 0.1) is 12.3 Å². The third-order valence-electron chi connectivity index (χ3n) is 4.89. The molecule has 24 heavy (non-hydrogen) atoms. The molecule has 0 unspecified atom stereocenters. The smallest absolute Gasteiger partial charge is 0.227 e. The summed E-state index contributed by atoms with van der Waals surface area (Å²) in [6, 6.07) is 3.22. The second-order valence-corrected chi connectivity index (χ2v) is 6.71. The van der Waals surface area contributed by atoms with Crippen molar-refractivity contribution in [1.82, 2.24) is 9.80 Å². The van der Waals surface area contributed by atoms with Crippen molar-refractivity contribution >= 4 is 11.8 Å². The molecule has 3 saturated heterocycles. The molecule has 3 aliphatic rings. The van der Waals surface area contributed by atoms with E-state index in [1.807, 2.05) is 11.8 Å². The van der Waals surface area contributed by atoms with Crippen LogP contribution in [0.4, 0.5) is 8.78 Å². The van der Waals surface area contributed by atoms with E-state index in [2.05, 4.69) is 0 Å². The van der Waals surface area contributed by atoms with Crippen LogP contribution in [0.2, 0.25) is 0 Å². The number of nitrogens with zero attached hydrogens (tertiary/aromatic N) is 2. The van der Waals surface area contributed by atoms with E-state index in [4.69, 9.17) is 0 Å². The summed E-state index contributed by atoms with van der Waals surface area (Å²) in [5.74, 6) is -1.55. The Morgan fingerprint density at radius 1 is 1.17 bits per heavy atom. The third kappa shape index (κ3) is 3.42. The molecule has 6 heteroatoms. The topological polar surface area (TPSA) is 40.6 Å². The van der Waals surface area contributed by atoms with Crippen molar-refractivity contribution in [2.45, 2.75) is 38.6 Å². The molecule has 2 atom stereocenters. The van der Waals surface area contributed by atoms with Crippen molar-refractivity contribution in [3.05, 3.63) is 35.4 Å². The Bertz CT molecular complexity index is 630. The summed E-state index contributed by atoms with van der Waals surface area (Å²) in [5.41, 5.74) is 0.325. The minimum absolute atomic E-state index is 0.0455. The highest BCUT2D eigenvalue weighted by Crippen LogP contribution is 2.29. The van der Waals surface area contributed by atoms with E-state index in [1.165, 1.54) is 12.1 Å². The highest BCUT2D eigenvalue weighted by molar-refractivity contribution is 5.84. The first-order chi connectivity index (χ1) is 11.5. The average molecular weight is 336 g/mol. The van der Waals surface area contributed by atoms with Gasteiger partial charge in [-0.2, -0.15) is 0 Å². The van der Waals surface area contributed by atoms with Gasteiger partial charge in [-0.1, -0.05) is 6.92 Å². The molecule has 4 nitrogen and oxygen atoms in total. The Morgan fingerprint density at radius 3 is 2.54 bits per heavy atom. The predicted molar refractivity (Wildman–Crippen MR) is 85.2 cm³/mol. The van der Waals surface area contributed by atoms with Gasteiger partial charge in [0.2, 0.25) is 11.8 Å². The first kappa shape index (κ1) is 16.9. The second-order valence-electron chi connectivity index (χ2n) is 6.71. The van der Waals surface area contributed by atoms with Crippen molar-refractivity contribution in [2.75, 3.05) is 19.6 Å². The molecule has 3 fully saturated rings. The molecule has 3 aliphatic heterocycles. The predicted octanol–water partition coefficient (Wildman–Crippen LogP) is 2.37. The van der Waals surface area contributed by atoms with Gasteiger partial charge < -0.3 is 9.80 Å². The van der Waals surface area contributed by atoms with Gasteiger partial charge in [-0.25, -0.2) is 8.78 Å². The van der Waals surface area contributed by atoms with Crippen molar-refractivity contribution in [3.8, 4) is 0 Å². The molecule has 1 aromatic carbocycles. The number of hydrogen-bond acceptors (Lipinski definition) is 2. The minimum Gasteiger partial charge on any atom is -0.340 e. The maximum atomic E-state index is 13.3. The summed E-state index contributed by atoms with van der Waals surface area (Å²) >= 11 is 0. The van der Waals surface area contributed by atoms with Crippen LogP contribution in [0.1, 0.15) is 31.7 Å². The summed E-state index contributed by atoms with van der Waals surface area (Å²) in [4.78, 5) is 28.7. The molecular formula is C18H22F2N2O2. The highest BCUT2D eigenvalue weighted by Gasteiger charge is 2.41. The van der Waals surface area contributed by atoms with Crippen molar-refractivity contribution in [3.63, 3.8) is 0 Å². The largest absolute Gasteiger partial charge is 0.340 e. The van der Waals surface area contributed by atoms with Crippen molar-refractivity contribution in [2.24, 2.45) is 5.92 Å². The quantitative estimate of drug-likeness (QED) is 0.847. The van der Waals surface area contributed by atoms with E-state index >= 15 is 0 Å².